The van der Waals surface area contributed by atoms with Gasteiger partial charge in [-0.3, -0.25) is 0 Å². The fourth-order valence-corrected chi connectivity index (χ4v) is 2.23. The summed E-state index contributed by atoms with van der Waals surface area (Å²) >= 11 is 1.48. The second-order valence-electron chi connectivity index (χ2n) is 3.12. The molecule has 1 fully saturated rings. The zero-order chi connectivity index (χ0) is 8.55. The summed E-state index contributed by atoms with van der Waals surface area (Å²) in [7, 11) is 0. The van der Waals surface area contributed by atoms with Crippen LogP contribution in [0.15, 0.2) is 0 Å². The number of nitrogens with two attached hydrogens (primary N) is 1. The number of anilines is 2. The standard InChI is InChI=1S/C8H13N3S/c1-2-10-8-6(5-3-4-5)7(9)11-12-8/h5,10H,2-4H2,1H3,(H2,9,11). The summed E-state index contributed by atoms with van der Waals surface area (Å²) in [6.45, 7) is 3.04. The highest BCUT2D eigenvalue weighted by Gasteiger charge is 2.30. The summed E-state index contributed by atoms with van der Waals surface area (Å²) in [6, 6.07) is 0. The first-order valence-corrected chi connectivity index (χ1v) is 5.09. The normalized spacial score (nSPS) is 16.4. The average Bonchev–Trinajstić information content (AvgIpc) is 2.80. The lowest BCUT2D eigenvalue weighted by molar-refractivity contribution is 1.12. The Kier molecular flexibility index (Phi) is 1.92. The number of nitrogen functional groups attached to an aromatic ring is 1. The van der Waals surface area contributed by atoms with Crippen molar-refractivity contribution in [2.45, 2.75) is 25.7 Å². The van der Waals surface area contributed by atoms with Crippen LogP contribution in [0.4, 0.5) is 10.8 Å². The first-order valence-electron chi connectivity index (χ1n) is 4.31. The smallest absolute Gasteiger partial charge is 0.142 e. The molecule has 0 radical (unpaired) electrons. The molecule has 1 aliphatic rings. The van der Waals surface area contributed by atoms with Crippen LogP contribution >= 0.6 is 11.5 Å². The molecule has 3 nitrogen and oxygen atoms in total. The van der Waals surface area contributed by atoms with Gasteiger partial charge in [-0.1, -0.05) is 0 Å². The molecule has 0 aromatic carbocycles. The van der Waals surface area contributed by atoms with Gasteiger partial charge in [-0.25, -0.2) is 0 Å². The third kappa shape index (κ3) is 1.27. The van der Waals surface area contributed by atoms with Gasteiger partial charge in [0.05, 0.1) is 0 Å². The minimum Gasteiger partial charge on any atom is -0.383 e. The summed E-state index contributed by atoms with van der Waals surface area (Å²) < 4.78 is 4.15. The molecular weight excluding hydrogens is 170 g/mol. The van der Waals surface area contributed by atoms with Gasteiger partial charge in [0.1, 0.15) is 10.8 Å². The van der Waals surface area contributed by atoms with Crippen LogP contribution in [0.2, 0.25) is 0 Å². The van der Waals surface area contributed by atoms with Gasteiger partial charge in [0.2, 0.25) is 0 Å². The number of hydrogen-bond donors (Lipinski definition) is 2. The average molecular weight is 183 g/mol. The van der Waals surface area contributed by atoms with Crippen LogP contribution in [-0.4, -0.2) is 10.9 Å². The lowest BCUT2D eigenvalue weighted by atomic mass is 10.2. The predicted octanol–water partition coefficient (Wildman–Crippen LogP) is 2.03. The molecule has 0 amide bonds. The van der Waals surface area contributed by atoms with E-state index >= 15 is 0 Å². The van der Waals surface area contributed by atoms with Crippen LogP contribution in [-0.2, 0) is 0 Å². The summed E-state index contributed by atoms with van der Waals surface area (Å²) in [5.41, 5.74) is 7.04. The molecule has 0 unspecified atom stereocenters. The van der Waals surface area contributed by atoms with E-state index in [9.17, 15) is 0 Å². The monoisotopic (exact) mass is 183 g/mol. The molecule has 1 saturated carbocycles. The molecule has 1 aliphatic carbocycles. The SMILES string of the molecule is CCNc1snc(N)c1C1CC1. The first kappa shape index (κ1) is 7.86. The fourth-order valence-electron chi connectivity index (χ4n) is 1.36. The third-order valence-electron chi connectivity index (χ3n) is 2.08. The van der Waals surface area contributed by atoms with E-state index in [0.29, 0.717) is 5.92 Å². The minimum atomic E-state index is 0.692. The lowest BCUT2D eigenvalue weighted by Crippen LogP contribution is -1.98. The van der Waals surface area contributed by atoms with Crippen LogP contribution in [0.3, 0.4) is 0 Å². The van der Waals surface area contributed by atoms with Gasteiger partial charge < -0.3 is 11.1 Å². The Hall–Kier alpha value is -0.770. The molecule has 66 valence electrons. The van der Waals surface area contributed by atoms with Crippen molar-refractivity contribution in [3.63, 3.8) is 0 Å². The van der Waals surface area contributed by atoms with E-state index in [1.54, 1.807) is 0 Å². The summed E-state index contributed by atoms with van der Waals surface area (Å²) in [5.74, 6) is 1.43. The molecule has 3 N–H and O–H groups in total. The van der Waals surface area contributed by atoms with Crippen molar-refractivity contribution in [2.75, 3.05) is 17.6 Å². The van der Waals surface area contributed by atoms with Crippen molar-refractivity contribution in [3.8, 4) is 0 Å². The Bertz CT molecular complexity index is 278. The number of nitrogens with zero attached hydrogens (tertiary/aromatic N) is 1. The summed E-state index contributed by atoms with van der Waals surface area (Å²) in [4.78, 5) is 0. The van der Waals surface area contributed by atoms with Gasteiger partial charge >= 0.3 is 0 Å². The Labute approximate surface area is 76.1 Å². The molecule has 2 rings (SSSR count). The van der Waals surface area contributed by atoms with Crippen LogP contribution in [0.25, 0.3) is 0 Å². The molecule has 12 heavy (non-hydrogen) atoms. The van der Waals surface area contributed by atoms with E-state index in [2.05, 4.69) is 16.6 Å². The fraction of sp³-hybridized carbons (Fsp3) is 0.625. The quantitative estimate of drug-likeness (QED) is 0.754. The second-order valence-corrected chi connectivity index (χ2v) is 3.89. The van der Waals surface area contributed by atoms with Crippen LogP contribution in [0, 0.1) is 0 Å². The lowest BCUT2D eigenvalue weighted by Gasteiger charge is -2.01. The van der Waals surface area contributed by atoms with Gasteiger partial charge in [0.15, 0.2) is 0 Å². The van der Waals surface area contributed by atoms with Crippen molar-refractivity contribution in [2.24, 2.45) is 0 Å². The highest BCUT2D eigenvalue weighted by Crippen LogP contribution is 2.47. The number of hydrogen-bond acceptors (Lipinski definition) is 4. The zero-order valence-corrected chi connectivity index (χ0v) is 7.95. The Balaban J connectivity index is 2.27. The molecule has 0 saturated heterocycles. The third-order valence-corrected chi connectivity index (χ3v) is 2.91. The Morgan fingerprint density at radius 1 is 1.67 bits per heavy atom. The van der Waals surface area contributed by atoms with Gasteiger partial charge in [0, 0.05) is 12.1 Å². The Morgan fingerprint density at radius 2 is 2.42 bits per heavy atom. The van der Waals surface area contributed by atoms with E-state index in [4.69, 9.17) is 5.73 Å². The van der Waals surface area contributed by atoms with E-state index in [-0.39, 0.29) is 0 Å². The molecule has 0 aliphatic heterocycles. The van der Waals surface area contributed by atoms with Gasteiger partial charge in [-0.15, -0.1) is 0 Å². The van der Waals surface area contributed by atoms with Crippen LogP contribution in [0.1, 0.15) is 31.2 Å². The zero-order valence-electron chi connectivity index (χ0n) is 7.13. The topological polar surface area (TPSA) is 50.9 Å². The maximum Gasteiger partial charge on any atom is 0.142 e. The first-order chi connectivity index (χ1) is 5.83. The highest BCUT2D eigenvalue weighted by molar-refractivity contribution is 7.10. The number of rotatable bonds is 3. The molecule has 0 atom stereocenters. The summed E-state index contributed by atoms with van der Waals surface area (Å²) in [5, 5.41) is 4.47. The molecule has 0 spiro atoms. The van der Waals surface area contributed by atoms with E-state index in [0.717, 1.165) is 12.4 Å². The molecular formula is C8H13N3S. The molecule has 0 bridgehead atoms. The van der Waals surface area contributed by atoms with Crippen LogP contribution < -0.4 is 11.1 Å². The predicted molar refractivity (Wildman–Crippen MR) is 52.7 cm³/mol. The molecule has 1 aromatic heterocycles. The highest BCUT2D eigenvalue weighted by atomic mass is 32.1. The maximum atomic E-state index is 5.77. The molecule has 1 aromatic rings. The van der Waals surface area contributed by atoms with Crippen molar-refractivity contribution in [1.29, 1.82) is 0 Å². The van der Waals surface area contributed by atoms with Gasteiger partial charge in [-0.2, -0.15) is 4.37 Å². The van der Waals surface area contributed by atoms with Crippen molar-refractivity contribution in [3.05, 3.63) is 5.56 Å². The molecule has 4 heteroatoms. The number of nitrogens with one attached hydrogen (secondary N) is 1. The van der Waals surface area contributed by atoms with E-state index in [1.165, 1.54) is 34.9 Å². The van der Waals surface area contributed by atoms with Crippen molar-refractivity contribution >= 4 is 22.4 Å². The Morgan fingerprint density at radius 3 is 3.00 bits per heavy atom. The van der Waals surface area contributed by atoms with Crippen molar-refractivity contribution < 1.29 is 0 Å². The van der Waals surface area contributed by atoms with Gasteiger partial charge in [-0.05, 0) is 37.2 Å². The van der Waals surface area contributed by atoms with Crippen molar-refractivity contribution in [1.82, 2.24) is 4.37 Å². The van der Waals surface area contributed by atoms with E-state index < -0.39 is 0 Å². The van der Waals surface area contributed by atoms with Crippen LogP contribution in [0.5, 0.6) is 0 Å². The maximum absolute atomic E-state index is 5.77. The minimum absolute atomic E-state index is 0.692. The summed E-state index contributed by atoms with van der Waals surface area (Å²) in [6.07, 6.45) is 2.56. The van der Waals surface area contributed by atoms with E-state index in [1.807, 2.05) is 0 Å². The molecule has 1 heterocycles. The second kappa shape index (κ2) is 2.94. The largest absolute Gasteiger partial charge is 0.383 e. The van der Waals surface area contributed by atoms with Gasteiger partial charge in [0.25, 0.3) is 0 Å². The number of aromatic nitrogens is 1.